The van der Waals surface area contributed by atoms with E-state index in [4.69, 9.17) is 25.7 Å². The van der Waals surface area contributed by atoms with Gasteiger partial charge in [-0.25, -0.2) is 4.98 Å². The molecule has 1 heterocycles. The highest BCUT2D eigenvalue weighted by Crippen LogP contribution is 2.40. The molecule has 8 nitrogen and oxygen atoms in total. The highest BCUT2D eigenvalue weighted by atomic mass is 16.5. The lowest BCUT2D eigenvalue weighted by Crippen LogP contribution is -2.09. The SMILES string of the molecule is COc1cc(NCc2c(C)c(C)c3nc(N)nc(N)c3c2C)cc(OC)c1OC. The van der Waals surface area contributed by atoms with Crippen LogP contribution in [0.3, 0.4) is 0 Å². The molecule has 0 unspecified atom stereocenters. The van der Waals surface area contributed by atoms with Gasteiger partial charge in [0.05, 0.1) is 26.8 Å². The third-order valence-corrected chi connectivity index (χ3v) is 5.29. The Hall–Kier alpha value is -3.42. The molecule has 0 amide bonds. The Morgan fingerprint density at radius 1 is 0.862 bits per heavy atom. The number of methoxy groups -OCH3 is 3. The normalized spacial score (nSPS) is 10.8. The van der Waals surface area contributed by atoms with Gasteiger partial charge < -0.3 is 31.0 Å². The molecule has 3 aromatic rings. The molecule has 29 heavy (non-hydrogen) atoms. The fraction of sp³-hybridized carbons (Fsp3) is 0.333. The summed E-state index contributed by atoms with van der Waals surface area (Å²) < 4.78 is 16.3. The minimum atomic E-state index is 0.181. The van der Waals surface area contributed by atoms with Gasteiger partial charge in [0.25, 0.3) is 0 Å². The summed E-state index contributed by atoms with van der Waals surface area (Å²) in [7, 11) is 4.77. The molecule has 2 aromatic carbocycles. The number of aromatic nitrogens is 2. The maximum Gasteiger partial charge on any atom is 0.222 e. The number of rotatable bonds is 6. The fourth-order valence-electron chi connectivity index (χ4n) is 3.61. The molecule has 0 saturated carbocycles. The average Bonchev–Trinajstić information content (AvgIpc) is 2.70. The molecule has 0 atom stereocenters. The lowest BCUT2D eigenvalue weighted by molar-refractivity contribution is 0.324. The Balaban J connectivity index is 2.04. The van der Waals surface area contributed by atoms with E-state index in [-0.39, 0.29) is 5.95 Å². The summed E-state index contributed by atoms with van der Waals surface area (Å²) in [6.07, 6.45) is 0. The largest absolute Gasteiger partial charge is 0.493 e. The molecule has 0 aliphatic heterocycles. The Morgan fingerprint density at radius 2 is 1.48 bits per heavy atom. The Morgan fingerprint density at radius 3 is 2.03 bits per heavy atom. The standard InChI is InChI=1S/C21H27N5O3/c1-10-11(2)18-17(20(22)26-21(23)25-18)12(3)14(10)9-24-13-7-15(27-4)19(29-6)16(8-13)28-5/h7-8,24H,9H2,1-6H3,(H4,22,23,25,26). The van der Waals surface area contributed by atoms with Crippen molar-refractivity contribution in [1.29, 1.82) is 0 Å². The number of anilines is 3. The van der Waals surface area contributed by atoms with Gasteiger partial charge in [0, 0.05) is 29.8 Å². The zero-order chi connectivity index (χ0) is 21.3. The number of nitrogens with zero attached hydrogens (tertiary/aromatic N) is 2. The van der Waals surface area contributed by atoms with Gasteiger partial charge in [-0.3, -0.25) is 0 Å². The van der Waals surface area contributed by atoms with Gasteiger partial charge in [-0.1, -0.05) is 0 Å². The van der Waals surface area contributed by atoms with Crippen LogP contribution in [0.2, 0.25) is 0 Å². The molecule has 0 aliphatic carbocycles. The molecule has 1 aromatic heterocycles. The van der Waals surface area contributed by atoms with Crippen molar-refractivity contribution in [3.05, 3.63) is 34.4 Å². The van der Waals surface area contributed by atoms with Crippen molar-refractivity contribution in [3.8, 4) is 17.2 Å². The van der Waals surface area contributed by atoms with Crippen molar-refractivity contribution in [2.75, 3.05) is 38.1 Å². The van der Waals surface area contributed by atoms with E-state index >= 15 is 0 Å². The van der Waals surface area contributed by atoms with Gasteiger partial charge in [-0.15, -0.1) is 0 Å². The number of aryl methyl sites for hydroxylation is 2. The van der Waals surface area contributed by atoms with Crippen molar-refractivity contribution in [2.45, 2.75) is 27.3 Å². The third-order valence-electron chi connectivity index (χ3n) is 5.29. The predicted octanol–water partition coefficient (Wildman–Crippen LogP) is 3.36. The molecule has 154 valence electrons. The number of hydrogen-bond acceptors (Lipinski definition) is 8. The summed E-state index contributed by atoms with van der Waals surface area (Å²) in [4.78, 5) is 8.54. The van der Waals surface area contributed by atoms with Crippen LogP contribution in [0, 0.1) is 20.8 Å². The van der Waals surface area contributed by atoms with Crippen LogP contribution < -0.4 is 31.0 Å². The molecule has 5 N–H and O–H groups in total. The molecule has 0 bridgehead atoms. The summed E-state index contributed by atoms with van der Waals surface area (Å²) in [5.41, 5.74) is 17.9. The Kier molecular flexibility index (Phi) is 5.54. The first kappa shape index (κ1) is 20.3. The number of fused-ring (bicyclic) bond motifs is 1. The quantitative estimate of drug-likeness (QED) is 0.579. The van der Waals surface area contributed by atoms with Crippen LogP contribution in [0.4, 0.5) is 17.5 Å². The van der Waals surface area contributed by atoms with E-state index in [0.717, 1.165) is 38.8 Å². The number of nitrogens with two attached hydrogens (primary N) is 2. The van der Waals surface area contributed by atoms with Crippen molar-refractivity contribution in [3.63, 3.8) is 0 Å². The number of nitrogens with one attached hydrogen (secondary N) is 1. The van der Waals surface area contributed by atoms with Crippen molar-refractivity contribution >= 4 is 28.4 Å². The second-order valence-electron chi connectivity index (χ2n) is 6.81. The fourth-order valence-corrected chi connectivity index (χ4v) is 3.61. The van der Waals surface area contributed by atoms with Crippen LogP contribution in [-0.4, -0.2) is 31.3 Å². The Labute approximate surface area is 170 Å². The zero-order valence-corrected chi connectivity index (χ0v) is 17.6. The lowest BCUT2D eigenvalue weighted by atomic mass is 9.93. The van der Waals surface area contributed by atoms with E-state index in [2.05, 4.69) is 22.2 Å². The first-order valence-corrected chi connectivity index (χ1v) is 9.17. The number of ether oxygens (including phenoxy) is 3. The van der Waals surface area contributed by atoms with Crippen molar-refractivity contribution in [2.24, 2.45) is 0 Å². The minimum Gasteiger partial charge on any atom is -0.493 e. The van der Waals surface area contributed by atoms with Crippen LogP contribution in [0.5, 0.6) is 17.2 Å². The first-order chi connectivity index (χ1) is 13.8. The molecule has 0 saturated heterocycles. The Bertz CT molecular complexity index is 1060. The molecule has 0 radical (unpaired) electrons. The summed E-state index contributed by atoms with van der Waals surface area (Å²) in [6.45, 7) is 6.70. The molecule has 0 aliphatic rings. The molecule has 0 fully saturated rings. The zero-order valence-electron chi connectivity index (χ0n) is 17.6. The summed E-state index contributed by atoms with van der Waals surface area (Å²) in [5, 5.41) is 4.28. The summed E-state index contributed by atoms with van der Waals surface area (Å²) in [5.74, 6) is 2.30. The van der Waals surface area contributed by atoms with E-state index in [9.17, 15) is 0 Å². The predicted molar refractivity (Wildman–Crippen MR) is 116 cm³/mol. The number of hydrogen-bond donors (Lipinski definition) is 3. The van der Waals surface area contributed by atoms with Crippen molar-refractivity contribution in [1.82, 2.24) is 9.97 Å². The maximum absolute atomic E-state index is 6.16. The van der Waals surface area contributed by atoms with Crippen LogP contribution in [-0.2, 0) is 6.54 Å². The van der Waals surface area contributed by atoms with Crippen LogP contribution >= 0.6 is 0 Å². The first-order valence-electron chi connectivity index (χ1n) is 9.17. The highest BCUT2D eigenvalue weighted by Gasteiger charge is 2.17. The smallest absolute Gasteiger partial charge is 0.222 e. The van der Waals surface area contributed by atoms with Crippen LogP contribution in [0.1, 0.15) is 22.3 Å². The molecule has 3 rings (SSSR count). The van der Waals surface area contributed by atoms with E-state index in [1.807, 2.05) is 26.0 Å². The topological polar surface area (TPSA) is 118 Å². The summed E-state index contributed by atoms with van der Waals surface area (Å²) >= 11 is 0. The van der Waals surface area contributed by atoms with Gasteiger partial charge in [-0.2, -0.15) is 4.98 Å². The average molecular weight is 397 g/mol. The second-order valence-corrected chi connectivity index (χ2v) is 6.81. The third kappa shape index (κ3) is 3.53. The van der Waals surface area contributed by atoms with E-state index < -0.39 is 0 Å². The van der Waals surface area contributed by atoms with Gasteiger partial charge in [-0.05, 0) is 43.0 Å². The summed E-state index contributed by atoms with van der Waals surface area (Å²) in [6, 6.07) is 3.75. The van der Waals surface area contributed by atoms with Gasteiger partial charge in [0.1, 0.15) is 5.82 Å². The van der Waals surface area contributed by atoms with Crippen LogP contribution in [0.15, 0.2) is 12.1 Å². The van der Waals surface area contributed by atoms with Crippen molar-refractivity contribution < 1.29 is 14.2 Å². The molecule has 0 spiro atoms. The van der Waals surface area contributed by atoms with Gasteiger partial charge in [0.15, 0.2) is 11.5 Å². The maximum atomic E-state index is 6.16. The second kappa shape index (κ2) is 7.90. The van der Waals surface area contributed by atoms with Gasteiger partial charge >= 0.3 is 0 Å². The lowest BCUT2D eigenvalue weighted by Gasteiger charge is -2.19. The van der Waals surface area contributed by atoms with Gasteiger partial charge in [0.2, 0.25) is 11.7 Å². The monoisotopic (exact) mass is 397 g/mol. The molecular formula is C21H27N5O3. The number of benzene rings is 2. The minimum absolute atomic E-state index is 0.181. The van der Waals surface area contributed by atoms with E-state index in [1.165, 1.54) is 0 Å². The molecular weight excluding hydrogens is 370 g/mol. The highest BCUT2D eigenvalue weighted by molar-refractivity contribution is 5.95. The van der Waals surface area contributed by atoms with E-state index in [1.54, 1.807) is 21.3 Å². The molecule has 8 heteroatoms. The van der Waals surface area contributed by atoms with Crippen LogP contribution in [0.25, 0.3) is 10.9 Å². The van der Waals surface area contributed by atoms with E-state index in [0.29, 0.717) is 29.6 Å². The number of nitrogen functional groups attached to an aromatic ring is 2.